The third-order valence-corrected chi connectivity index (χ3v) is 5.48. The molecule has 4 aromatic rings. The van der Waals surface area contributed by atoms with Gasteiger partial charge in [-0.3, -0.25) is 4.79 Å². The zero-order chi connectivity index (χ0) is 21.1. The molecule has 0 aliphatic heterocycles. The van der Waals surface area contributed by atoms with E-state index in [0.29, 0.717) is 6.42 Å². The number of hydrogen-bond acceptors (Lipinski definition) is 2. The number of aryl methyl sites for hydroxylation is 2. The number of carbonyl (C=O) groups is 1. The average Bonchev–Trinajstić information content (AvgIpc) is 3.08. The van der Waals surface area contributed by atoms with Crippen LogP contribution >= 0.6 is 0 Å². The topological polar surface area (TPSA) is 46.9 Å². The minimum atomic E-state index is -0.196. The van der Waals surface area contributed by atoms with Crippen LogP contribution in [0.3, 0.4) is 0 Å². The predicted octanol–water partition coefficient (Wildman–Crippen LogP) is 5.12. The fraction of sp³-hybridized carbons (Fsp3) is 0.231. The van der Waals surface area contributed by atoms with Crippen LogP contribution in [-0.2, 0) is 17.8 Å². The molecule has 1 aromatic heterocycles. The van der Waals surface area contributed by atoms with Crippen molar-refractivity contribution in [3.63, 3.8) is 0 Å². The van der Waals surface area contributed by atoms with Gasteiger partial charge < -0.3 is 9.88 Å². The fourth-order valence-electron chi connectivity index (χ4n) is 3.92. The Kier molecular flexibility index (Phi) is 5.66. The highest BCUT2D eigenvalue weighted by Crippen LogP contribution is 2.23. The number of imidazole rings is 1. The summed E-state index contributed by atoms with van der Waals surface area (Å²) in [7, 11) is 0. The van der Waals surface area contributed by atoms with Gasteiger partial charge in [0.1, 0.15) is 5.82 Å². The Balaban J connectivity index is 1.61. The van der Waals surface area contributed by atoms with Crippen molar-refractivity contribution in [2.45, 2.75) is 39.8 Å². The van der Waals surface area contributed by atoms with Gasteiger partial charge in [0.05, 0.1) is 23.5 Å². The molecule has 0 saturated carbocycles. The lowest BCUT2D eigenvalue weighted by atomic mass is 10.1. The zero-order valence-electron chi connectivity index (χ0n) is 17.7. The molecule has 4 rings (SSSR count). The van der Waals surface area contributed by atoms with E-state index >= 15 is 0 Å². The Morgan fingerprint density at radius 2 is 1.77 bits per heavy atom. The Labute approximate surface area is 177 Å². The standard InChI is InChI=1S/C26H27N3O/c1-18-9-8-11-21(15-18)17-29-24-14-7-6-13-23(24)28-26(29)20(3)27-25(30)16-22-12-5-4-10-19(22)2/h4-15,20H,16-17H2,1-3H3,(H,27,30). The molecule has 1 amide bonds. The van der Waals surface area contributed by atoms with E-state index in [0.717, 1.165) is 34.5 Å². The maximum Gasteiger partial charge on any atom is 0.225 e. The Bertz CT molecular complexity index is 1190. The fourth-order valence-corrected chi connectivity index (χ4v) is 3.92. The molecule has 0 aliphatic carbocycles. The van der Waals surface area contributed by atoms with Gasteiger partial charge in [0.15, 0.2) is 0 Å². The van der Waals surface area contributed by atoms with E-state index in [1.807, 2.05) is 56.3 Å². The smallest absolute Gasteiger partial charge is 0.225 e. The first-order valence-corrected chi connectivity index (χ1v) is 10.4. The van der Waals surface area contributed by atoms with E-state index < -0.39 is 0 Å². The Morgan fingerprint density at radius 1 is 1.00 bits per heavy atom. The van der Waals surface area contributed by atoms with Gasteiger partial charge in [-0.15, -0.1) is 0 Å². The normalized spacial score (nSPS) is 12.1. The molecular weight excluding hydrogens is 370 g/mol. The summed E-state index contributed by atoms with van der Waals surface area (Å²) in [4.78, 5) is 17.6. The molecular formula is C26H27N3O. The summed E-state index contributed by atoms with van der Waals surface area (Å²) in [5.41, 5.74) is 6.66. The van der Waals surface area contributed by atoms with Gasteiger partial charge in [-0.2, -0.15) is 0 Å². The maximum absolute atomic E-state index is 12.7. The summed E-state index contributed by atoms with van der Waals surface area (Å²) in [6.45, 7) is 6.86. The first-order valence-electron chi connectivity index (χ1n) is 10.4. The summed E-state index contributed by atoms with van der Waals surface area (Å²) >= 11 is 0. The van der Waals surface area contributed by atoms with Crippen molar-refractivity contribution in [2.24, 2.45) is 0 Å². The molecule has 30 heavy (non-hydrogen) atoms. The number of carbonyl (C=O) groups excluding carboxylic acids is 1. The van der Waals surface area contributed by atoms with Crippen LogP contribution < -0.4 is 5.32 Å². The van der Waals surface area contributed by atoms with Gasteiger partial charge in [0.2, 0.25) is 5.91 Å². The highest BCUT2D eigenvalue weighted by atomic mass is 16.1. The van der Waals surface area contributed by atoms with Crippen molar-refractivity contribution >= 4 is 16.9 Å². The number of rotatable bonds is 6. The van der Waals surface area contributed by atoms with Crippen LogP contribution in [0.2, 0.25) is 0 Å². The highest BCUT2D eigenvalue weighted by Gasteiger charge is 2.19. The SMILES string of the molecule is Cc1cccc(Cn2c(C(C)NC(=O)Cc3ccccc3C)nc3ccccc32)c1. The van der Waals surface area contributed by atoms with E-state index in [1.165, 1.54) is 11.1 Å². The molecule has 0 spiro atoms. The first-order chi connectivity index (χ1) is 14.5. The second-order valence-corrected chi connectivity index (χ2v) is 7.93. The molecule has 4 nitrogen and oxygen atoms in total. The molecule has 1 atom stereocenters. The Morgan fingerprint density at radius 3 is 2.57 bits per heavy atom. The van der Waals surface area contributed by atoms with Crippen molar-refractivity contribution in [2.75, 3.05) is 0 Å². The summed E-state index contributed by atoms with van der Waals surface area (Å²) in [5, 5.41) is 3.15. The predicted molar refractivity (Wildman–Crippen MR) is 121 cm³/mol. The van der Waals surface area contributed by atoms with E-state index in [2.05, 4.69) is 47.1 Å². The van der Waals surface area contributed by atoms with Crippen LogP contribution in [0.4, 0.5) is 0 Å². The van der Waals surface area contributed by atoms with Crippen molar-refractivity contribution in [3.8, 4) is 0 Å². The van der Waals surface area contributed by atoms with E-state index in [4.69, 9.17) is 4.98 Å². The molecule has 0 saturated heterocycles. The lowest BCUT2D eigenvalue weighted by Gasteiger charge is -2.17. The maximum atomic E-state index is 12.7. The van der Waals surface area contributed by atoms with Crippen LogP contribution in [0.25, 0.3) is 11.0 Å². The van der Waals surface area contributed by atoms with Crippen molar-refractivity contribution in [3.05, 3.63) is 101 Å². The molecule has 1 heterocycles. The monoisotopic (exact) mass is 397 g/mol. The van der Waals surface area contributed by atoms with E-state index in [1.54, 1.807) is 0 Å². The molecule has 0 radical (unpaired) electrons. The number of aromatic nitrogens is 2. The second-order valence-electron chi connectivity index (χ2n) is 7.93. The first kappa shape index (κ1) is 19.9. The van der Waals surface area contributed by atoms with Gasteiger partial charge in [-0.1, -0.05) is 66.2 Å². The van der Waals surface area contributed by atoms with Crippen LogP contribution in [-0.4, -0.2) is 15.5 Å². The van der Waals surface area contributed by atoms with Gasteiger partial charge in [0, 0.05) is 6.54 Å². The largest absolute Gasteiger partial charge is 0.346 e. The van der Waals surface area contributed by atoms with Gasteiger partial charge in [-0.05, 0) is 49.6 Å². The average molecular weight is 398 g/mol. The number of fused-ring (bicyclic) bond motifs is 1. The number of para-hydroxylation sites is 2. The molecule has 0 fully saturated rings. The Hall–Kier alpha value is -3.40. The summed E-state index contributed by atoms with van der Waals surface area (Å²) in [6.07, 6.45) is 0.370. The number of benzene rings is 3. The van der Waals surface area contributed by atoms with Gasteiger partial charge >= 0.3 is 0 Å². The number of hydrogen-bond donors (Lipinski definition) is 1. The third kappa shape index (κ3) is 4.28. The van der Waals surface area contributed by atoms with E-state index in [-0.39, 0.29) is 11.9 Å². The van der Waals surface area contributed by atoms with Crippen LogP contribution in [0.1, 0.15) is 41.0 Å². The highest BCUT2D eigenvalue weighted by molar-refractivity contribution is 5.80. The number of nitrogens with zero attached hydrogens (tertiary/aromatic N) is 2. The lowest BCUT2D eigenvalue weighted by molar-refractivity contribution is -0.121. The van der Waals surface area contributed by atoms with Crippen LogP contribution in [0.15, 0.2) is 72.8 Å². The summed E-state index contributed by atoms with van der Waals surface area (Å²) in [6, 6.07) is 24.5. The minimum Gasteiger partial charge on any atom is -0.346 e. The van der Waals surface area contributed by atoms with Crippen LogP contribution in [0, 0.1) is 13.8 Å². The van der Waals surface area contributed by atoms with Crippen LogP contribution in [0.5, 0.6) is 0 Å². The molecule has 152 valence electrons. The summed E-state index contributed by atoms with van der Waals surface area (Å²) < 4.78 is 2.21. The quantitative estimate of drug-likeness (QED) is 0.491. The molecule has 4 heteroatoms. The van der Waals surface area contributed by atoms with E-state index in [9.17, 15) is 4.79 Å². The van der Waals surface area contributed by atoms with Crippen molar-refractivity contribution in [1.29, 1.82) is 0 Å². The lowest BCUT2D eigenvalue weighted by Crippen LogP contribution is -2.30. The van der Waals surface area contributed by atoms with Crippen molar-refractivity contribution in [1.82, 2.24) is 14.9 Å². The molecule has 1 unspecified atom stereocenters. The minimum absolute atomic E-state index is 0.00552. The number of amides is 1. The van der Waals surface area contributed by atoms with Crippen molar-refractivity contribution < 1.29 is 4.79 Å². The van der Waals surface area contributed by atoms with Gasteiger partial charge in [-0.25, -0.2) is 4.98 Å². The molecule has 1 N–H and O–H groups in total. The van der Waals surface area contributed by atoms with Gasteiger partial charge in [0.25, 0.3) is 0 Å². The second kappa shape index (κ2) is 8.54. The third-order valence-electron chi connectivity index (χ3n) is 5.48. The molecule has 0 aliphatic rings. The zero-order valence-corrected chi connectivity index (χ0v) is 17.7. The summed E-state index contributed by atoms with van der Waals surface area (Å²) in [5.74, 6) is 0.877. The molecule has 0 bridgehead atoms. The number of nitrogens with one attached hydrogen (secondary N) is 1. The molecule has 3 aromatic carbocycles.